The van der Waals surface area contributed by atoms with E-state index in [9.17, 15) is 19.6 Å². The molecule has 1 N–H and O–H groups in total. The van der Waals surface area contributed by atoms with Crippen LogP contribution < -0.4 is 25.1 Å². The van der Waals surface area contributed by atoms with Crippen molar-refractivity contribution in [2.24, 2.45) is 0 Å². The van der Waals surface area contributed by atoms with Crippen LogP contribution in [0.25, 0.3) is 0 Å². The van der Waals surface area contributed by atoms with Crippen LogP contribution in [0.2, 0.25) is 0 Å². The van der Waals surface area contributed by atoms with E-state index < -0.39 is 17.2 Å². The Bertz CT molecular complexity index is 1390. The maximum atomic E-state index is 13.3. The molecule has 0 radical (unpaired) electrons. The number of pyridine rings is 1. The fourth-order valence-corrected chi connectivity index (χ4v) is 3.59. The predicted molar refractivity (Wildman–Crippen MR) is 129 cm³/mol. The van der Waals surface area contributed by atoms with Crippen molar-refractivity contribution < 1.29 is 28.5 Å². The highest BCUT2D eigenvalue weighted by molar-refractivity contribution is 6.10. The fourth-order valence-electron chi connectivity index (χ4n) is 3.59. The molecule has 10 nitrogen and oxygen atoms in total. The van der Waals surface area contributed by atoms with Gasteiger partial charge in [-0.25, -0.2) is 0 Å². The van der Waals surface area contributed by atoms with Gasteiger partial charge in [0.1, 0.15) is 30.6 Å². The molecule has 3 aromatic rings. The lowest BCUT2D eigenvalue weighted by Crippen LogP contribution is -2.26. The molecule has 1 aliphatic heterocycles. The number of hydrogen-bond acceptors (Lipinski definition) is 8. The van der Waals surface area contributed by atoms with Crippen molar-refractivity contribution in [3.05, 3.63) is 81.8 Å². The molecule has 1 aliphatic rings. The number of nitriles is 1. The summed E-state index contributed by atoms with van der Waals surface area (Å²) < 4.78 is 22.9. The van der Waals surface area contributed by atoms with Crippen molar-refractivity contribution >= 4 is 17.4 Å². The second-order valence-corrected chi connectivity index (χ2v) is 7.77. The lowest BCUT2D eigenvalue weighted by Gasteiger charge is -2.19. The predicted octanol–water partition coefficient (Wildman–Crippen LogP) is 2.39. The number of ketones is 1. The van der Waals surface area contributed by atoms with Gasteiger partial charge in [-0.3, -0.25) is 14.4 Å². The Balaban J connectivity index is 1.49. The van der Waals surface area contributed by atoms with Crippen LogP contribution in [0.4, 0.5) is 5.69 Å². The van der Waals surface area contributed by atoms with Gasteiger partial charge in [0.25, 0.3) is 11.5 Å². The van der Waals surface area contributed by atoms with Crippen molar-refractivity contribution in [3.8, 4) is 23.3 Å². The number of carbonyl (C=O) groups is 2. The van der Waals surface area contributed by atoms with Crippen LogP contribution in [-0.4, -0.2) is 49.8 Å². The van der Waals surface area contributed by atoms with E-state index in [1.807, 2.05) is 6.07 Å². The maximum Gasteiger partial charge on any atom is 0.268 e. The number of rotatable bonds is 9. The lowest BCUT2D eigenvalue weighted by molar-refractivity contribution is -0.118. The molecule has 1 aromatic heterocycles. The minimum Gasteiger partial charge on any atom is -0.486 e. The topological polar surface area (TPSA) is 129 Å². The molecule has 2 aromatic carbocycles. The second-order valence-electron chi connectivity index (χ2n) is 7.77. The van der Waals surface area contributed by atoms with E-state index in [0.29, 0.717) is 30.4 Å². The van der Waals surface area contributed by atoms with Crippen molar-refractivity contribution in [1.82, 2.24) is 4.57 Å². The van der Waals surface area contributed by atoms with E-state index in [-0.39, 0.29) is 42.2 Å². The van der Waals surface area contributed by atoms with Crippen molar-refractivity contribution in [3.63, 3.8) is 0 Å². The highest BCUT2D eigenvalue weighted by Gasteiger charge is 2.19. The summed E-state index contributed by atoms with van der Waals surface area (Å²) in [5.74, 6) is 0.442. The molecule has 4 rings (SSSR count). The number of para-hydroxylation sites is 1. The summed E-state index contributed by atoms with van der Waals surface area (Å²) in [4.78, 5) is 38.2. The highest BCUT2D eigenvalue weighted by atomic mass is 16.6. The van der Waals surface area contributed by atoms with E-state index in [1.165, 1.54) is 23.9 Å². The average Bonchev–Trinajstić information content (AvgIpc) is 2.91. The Morgan fingerprint density at radius 3 is 2.67 bits per heavy atom. The minimum atomic E-state index is -0.508. The third-order valence-electron chi connectivity index (χ3n) is 5.32. The van der Waals surface area contributed by atoms with Gasteiger partial charge in [0.05, 0.1) is 12.2 Å². The van der Waals surface area contributed by atoms with E-state index >= 15 is 0 Å². The molecule has 0 unspecified atom stereocenters. The van der Waals surface area contributed by atoms with Crippen LogP contribution in [0.15, 0.2) is 59.5 Å². The molecule has 0 saturated carbocycles. The molecule has 36 heavy (non-hydrogen) atoms. The number of carbonyl (C=O) groups excluding carboxylic acids is 2. The summed E-state index contributed by atoms with van der Waals surface area (Å²) in [6.45, 7) is 0.966. The first-order chi connectivity index (χ1) is 17.5. The first-order valence-corrected chi connectivity index (χ1v) is 11.1. The van der Waals surface area contributed by atoms with Crippen LogP contribution in [0.3, 0.4) is 0 Å². The largest absolute Gasteiger partial charge is 0.486 e. The Kier molecular flexibility index (Phi) is 7.63. The molecular formula is C26H23N3O7. The maximum absolute atomic E-state index is 13.3. The Morgan fingerprint density at radius 2 is 1.89 bits per heavy atom. The molecule has 0 saturated heterocycles. The number of anilines is 1. The zero-order chi connectivity index (χ0) is 25.5. The summed E-state index contributed by atoms with van der Waals surface area (Å²) in [6, 6.07) is 14.6. The molecule has 10 heteroatoms. The normalized spacial score (nSPS) is 11.9. The molecule has 2 heterocycles. The van der Waals surface area contributed by atoms with E-state index in [4.69, 9.17) is 18.9 Å². The monoisotopic (exact) mass is 489 g/mol. The number of benzene rings is 2. The summed E-state index contributed by atoms with van der Waals surface area (Å²) in [5.41, 5.74) is 0.171. The third kappa shape index (κ3) is 5.54. The third-order valence-corrected chi connectivity index (χ3v) is 5.32. The van der Waals surface area contributed by atoms with Crippen molar-refractivity contribution in [2.75, 3.05) is 38.9 Å². The van der Waals surface area contributed by atoms with Gasteiger partial charge in [0.15, 0.2) is 23.9 Å². The minimum absolute atomic E-state index is 0.138. The summed E-state index contributed by atoms with van der Waals surface area (Å²) in [5, 5.41) is 12.1. The zero-order valence-corrected chi connectivity index (χ0v) is 19.5. The Morgan fingerprint density at radius 1 is 1.11 bits per heavy atom. The summed E-state index contributed by atoms with van der Waals surface area (Å²) in [6.07, 6.45) is 1.38. The SMILES string of the molecule is COCCn1cc(C(=O)c2ccccc2OCC(=O)Nc2ccc3c(c2)OCCO3)cc(C#N)c1=O. The molecule has 184 valence electrons. The number of nitrogens with zero attached hydrogens (tertiary/aromatic N) is 2. The van der Waals surface area contributed by atoms with Crippen molar-refractivity contribution in [1.29, 1.82) is 5.26 Å². The van der Waals surface area contributed by atoms with Gasteiger partial charge < -0.3 is 28.8 Å². The van der Waals surface area contributed by atoms with Gasteiger partial charge in [-0.05, 0) is 30.3 Å². The van der Waals surface area contributed by atoms with Gasteiger partial charge in [0, 0.05) is 37.2 Å². The van der Waals surface area contributed by atoms with Crippen LogP contribution in [0.5, 0.6) is 17.2 Å². The number of ether oxygens (including phenoxy) is 4. The van der Waals surface area contributed by atoms with Gasteiger partial charge in [0.2, 0.25) is 0 Å². The van der Waals surface area contributed by atoms with Crippen LogP contribution in [0.1, 0.15) is 21.5 Å². The first kappa shape index (κ1) is 24.5. The van der Waals surface area contributed by atoms with Crippen molar-refractivity contribution in [2.45, 2.75) is 6.54 Å². The molecule has 0 bridgehead atoms. The van der Waals surface area contributed by atoms with Crippen LogP contribution >= 0.6 is 0 Å². The fraction of sp³-hybridized carbons (Fsp3) is 0.231. The van der Waals surface area contributed by atoms with Gasteiger partial charge in [-0.1, -0.05) is 12.1 Å². The summed E-state index contributed by atoms with van der Waals surface area (Å²) >= 11 is 0. The van der Waals surface area contributed by atoms with Gasteiger partial charge >= 0.3 is 0 Å². The molecular weight excluding hydrogens is 466 g/mol. The lowest BCUT2D eigenvalue weighted by atomic mass is 10.0. The Hall–Kier alpha value is -4.62. The van der Waals surface area contributed by atoms with Crippen LogP contribution in [-0.2, 0) is 16.1 Å². The highest BCUT2D eigenvalue weighted by Crippen LogP contribution is 2.32. The number of nitrogens with one attached hydrogen (secondary N) is 1. The van der Waals surface area contributed by atoms with E-state index in [2.05, 4.69) is 5.32 Å². The van der Waals surface area contributed by atoms with E-state index in [0.717, 1.165) is 0 Å². The number of aromatic nitrogens is 1. The zero-order valence-electron chi connectivity index (χ0n) is 19.5. The second kappa shape index (κ2) is 11.2. The molecule has 0 atom stereocenters. The van der Waals surface area contributed by atoms with E-state index in [1.54, 1.807) is 42.5 Å². The number of hydrogen-bond donors (Lipinski definition) is 1. The summed E-state index contributed by atoms with van der Waals surface area (Å²) in [7, 11) is 1.49. The number of methoxy groups -OCH3 is 1. The molecule has 1 amide bonds. The average molecular weight is 489 g/mol. The molecule has 0 fully saturated rings. The number of fused-ring (bicyclic) bond motifs is 1. The quantitative estimate of drug-likeness (QED) is 0.454. The smallest absolute Gasteiger partial charge is 0.268 e. The Labute approximate surface area is 206 Å². The first-order valence-electron chi connectivity index (χ1n) is 11.1. The standard InChI is InChI=1S/C26H23N3O7/c1-33-9-8-29-15-18(12-17(14-27)26(29)32)25(31)20-4-2-3-5-21(20)36-16-24(30)28-19-6-7-22-23(13-19)35-11-10-34-22/h2-7,12-13,15H,8-11,16H2,1H3,(H,28,30). The molecule has 0 aliphatic carbocycles. The van der Waals surface area contributed by atoms with Gasteiger partial charge in [-0.15, -0.1) is 0 Å². The molecule has 0 spiro atoms. The van der Waals surface area contributed by atoms with Crippen LogP contribution in [0, 0.1) is 11.3 Å². The number of amides is 1. The van der Waals surface area contributed by atoms with Gasteiger partial charge in [-0.2, -0.15) is 5.26 Å².